The molecule has 21 heavy (non-hydrogen) atoms. The topological polar surface area (TPSA) is 46.9 Å². The number of alkyl halides is 3. The minimum atomic E-state index is -4.50. The lowest BCUT2D eigenvalue weighted by molar-refractivity contribution is -0.146. The standard InChI is InChI=1S/C14H16F3N3O/c1-3-4-5-12(21)18-9-6-7-11-10(8-9)19-13(20(11)2)14(15,16)17/h6-8H,3-5H2,1-2H3,(H,18,21). The molecular formula is C14H16F3N3O. The summed E-state index contributed by atoms with van der Waals surface area (Å²) in [5.41, 5.74) is 1.03. The van der Waals surface area contributed by atoms with Gasteiger partial charge in [0.1, 0.15) is 0 Å². The van der Waals surface area contributed by atoms with E-state index in [2.05, 4.69) is 10.3 Å². The van der Waals surface area contributed by atoms with Crippen molar-refractivity contribution in [1.82, 2.24) is 9.55 Å². The third-order valence-electron chi connectivity index (χ3n) is 3.18. The van der Waals surface area contributed by atoms with E-state index in [4.69, 9.17) is 0 Å². The highest BCUT2D eigenvalue weighted by Gasteiger charge is 2.36. The molecule has 1 aromatic heterocycles. The molecule has 0 unspecified atom stereocenters. The van der Waals surface area contributed by atoms with E-state index < -0.39 is 12.0 Å². The second-order valence-electron chi connectivity index (χ2n) is 4.85. The van der Waals surface area contributed by atoms with Crippen molar-refractivity contribution in [3.05, 3.63) is 24.0 Å². The van der Waals surface area contributed by atoms with Crippen molar-refractivity contribution in [2.45, 2.75) is 32.4 Å². The van der Waals surface area contributed by atoms with Gasteiger partial charge in [-0.3, -0.25) is 4.79 Å². The Kier molecular flexibility index (Phi) is 4.20. The maximum Gasteiger partial charge on any atom is 0.449 e. The first-order chi connectivity index (χ1) is 9.82. The summed E-state index contributed by atoms with van der Waals surface area (Å²) >= 11 is 0. The average molecular weight is 299 g/mol. The van der Waals surface area contributed by atoms with Crippen LogP contribution in [-0.4, -0.2) is 15.5 Å². The van der Waals surface area contributed by atoms with Gasteiger partial charge in [0.2, 0.25) is 11.7 Å². The number of rotatable bonds is 4. The Labute approximate surface area is 120 Å². The smallest absolute Gasteiger partial charge is 0.326 e. The van der Waals surface area contributed by atoms with Crippen molar-refractivity contribution in [2.75, 3.05) is 5.32 Å². The summed E-state index contributed by atoms with van der Waals surface area (Å²) in [6.45, 7) is 1.98. The van der Waals surface area contributed by atoms with Crippen LogP contribution in [-0.2, 0) is 18.0 Å². The molecule has 0 aliphatic rings. The molecule has 0 aliphatic carbocycles. The van der Waals surface area contributed by atoms with Crippen molar-refractivity contribution in [3.8, 4) is 0 Å². The summed E-state index contributed by atoms with van der Waals surface area (Å²) < 4.78 is 39.3. The summed E-state index contributed by atoms with van der Waals surface area (Å²) in [4.78, 5) is 15.2. The highest BCUT2D eigenvalue weighted by Crippen LogP contribution is 2.31. The van der Waals surface area contributed by atoms with Gasteiger partial charge < -0.3 is 9.88 Å². The molecule has 1 heterocycles. The number of aryl methyl sites for hydroxylation is 1. The molecule has 4 nitrogen and oxygen atoms in total. The number of aromatic nitrogens is 2. The fraction of sp³-hybridized carbons (Fsp3) is 0.429. The number of amides is 1. The van der Waals surface area contributed by atoms with Gasteiger partial charge >= 0.3 is 6.18 Å². The number of hydrogen-bond acceptors (Lipinski definition) is 2. The molecule has 2 rings (SSSR count). The van der Waals surface area contributed by atoms with Gasteiger partial charge in [0.15, 0.2) is 0 Å². The number of hydrogen-bond donors (Lipinski definition) is 1. The van der Waals surface area contributed by atoms with E-state index in [-0.39, 0.29) is 11.4 Å². The van der Waals surface area contributed by atoms with Gasteiger partial charge in [0, 0.05) is 19.2 Å². The maximum absolute atomic E-state index is 12.8. The third-order valence-corrected chi connectivity index (χ3v) is 3.18. The zero-order chi connectivity index (χ0) is 15.6. The van der Waals surface area contributed by atoms with E-state index in [0.717, 1.165) is 17.4 Å². The molecule has 0 saturated heterocycles. The van der Waals surface area contributed by atoms with E-state index in [9.17, 15) is 18.0 Å². The predicted octanol–water partition coefficient (Wildman–Crippen LogP) is 3.72. The van der Waals surface area contributed by atoms with Crippen molar-refractivity contribution in [3.63, 3.8) is 0 Å². The molecule has 0 radical (unpaired) electrons. The Balaban J connectivity index is 2.28. The Morgan fingerprint density at radius 2 is 2.10 bits per heavy atom. The summed E-state index contributed by atoms with van der Waals surface area (Å²) in [5.74, 6) is -1.10. The van der Waals surface area contributed by atoms with Crippen LogP contribution in [0.5, 0.6) is 0 Å². The maximum atomic E-state index is 12.8. The predicted molar refractivity (Wildman–Crippen MR) is 73.9 cm³/mol. The normalized spacial score (nSPS) is 11.9. The van der Waals surface area contributed by atoms with E-state index in [0.29, 0.717) is 17.6 Å². The van der Waals surface area contributed by atoms with Gasteiger partial charge in [-0.05, 0) is 24.6 Å². The number of halogens is 3. The van der Waals surface area contributed by atoms with Crippen LogP contribution in [0.1, 0.15) is 32.0 Å². The molecule has 0 saturated carbocycles. The minimum absolute atomic E-state index is 0.150. The number of unbranched alkanes of at least 4 members (excludes halogenated alkanes) is 1. The fourth-order valence-corrected chi connectivity index (χ4v) is 2.09. The van der Waals surface area contributed by atoms with Crippen LogP contribution in [0, 0.1) is 0 Å². The number of fused-ring (bicyclic) bond motifs is 1. The van der Waals surface area contributed by atoms with Crippen LogP contribution in [0.2, 0.25) is 0 Å². The number of carbonyl (C=O) groups is 1. The van der Waals surface area contributed by atoms with Gasteiger partial charge in [-0.15, -0.1) is 0 Å². The molecule has 0 fully saturated rings. The number of carbonyl (C=O) groups excluding carboxylic acids is 1. The number of benzene rings is 1. The number of imidazole rings is 1. The molecule has 1 N–H and O–H groups in total. The van der Waals surface area contributed by atoms with Gasteiger partial charge in [-0.2, -0.15) is 13.2 Å². The molecule has 114 valence electrons. The second-order valence-corrected chi connectivity index (χ2v) is 4.85. The van der Waals surface area contributed by atoms with Crippen LogP contribution in [0.3, 0.4) is 0 Å². The van der Waals surface area contributed by atoms with Crippen molar-refractivity contribution >= 4 is 22.6 Å². The van der Waals surface area contributed by atoms with Crippen LogP contribution >= 0.6 is 0 Å². The zero-order valence-corrected chi connectivity index (χ0v) is 11.8. The monoisotopic (exact) mass is 299 g/mol. The zero-order valence-electron chi connectivity index (χ0n) is 11.8. The molecule has 0 aliphatic heterocycles. The molecule has 1 amide bonds. The SMILES string of the molecule is CCCCC(=O)Nc1ccc2c(c1)nc(C(F)(F)F)n2C. The first-order valence-electron chi connectivity index (χ1n) is 6.66. The molecule has 1 aromatic carbocycles. The minimum Gasteiger partial charge on any atom is -0.326 e. The van der Waals surface area contributed by atoms with E-state index >= 15 is 0 Å². The third kappa shape index (κ3) is 3.34. The number of nitrogens with zero attached hydrogens (tertiary/aromatic N) is 2. The molecule has 7 heteroatoms. The lowest BCUT2D eigenvalue weighted by Crippen LogP contribution is -2.12. The Bertz CT molecular complexity index is 661. The van der Waals surface area contributed by atoms with Crippen LogP contribution in [0.25, 0.3) is 11.0 Å². The van der Waals surface area contributed by atoms with Crippen molar-refractivity contribution < 1.29 is 18.0 Å². The Morgan fingerprint density at radius 1 is 1.38 bits per heavy atom. The highest BCUT2D eigenvalue weighted by molar-refractivity contribution is 5.93. The van der Waals surface area contributed by atoms with Gasteiger partial charge in [-0.25, -0.2) is 4.98 Å². The summed E-state index contributed by atoms with van der Waals surface area (Å²) in [7, 11) is 1.32. The Hall–Kier alpha value is -2.05. The summed E-state index contributed by atoms with van der Waals surface area (Å²) in [6.07, 6.45) is -2.43. The molecule has 0 spiro atoms. The first-order valence-corrected chi connectivity index (χ1v) is 6.66. The van der Waals surface area contributed by atoms with E-state index in [1.165, 1.54) is 19.2 Å². The van der Waals surface area contributed by atoms with Crippen LogP contribution < -0.4 is 5.32 Å². The van der Waals surface area contributed by atoms with Gasteiger partial charge in [0.05, 0.1) is 11.0 Å². The molecule has 0 bridgehead atoms. The van der Waals surface area contributed by atoms with E-state index in [1.807, 2.05) is 6.92 Å². The lowest BCUT2D eigenvalue weighted by atomic mass is 10.2. The van der Waals surface area contributed by atoms with Gasteiger partial charge in [0.25, 0.3) is 0 Å². The first kappa shape index (κ1) is 15.3. The van der Waals surface area contributed by atoms with E-state index in [1.54, 1.807) is 6.07 Å². The summed E-state index contributed by atoms with van der Waals surface area (Å²) in [6, 6.07) is 4.55. The molecule has 2 aromatic rings. The average Bonchev–Trinajstić information content (AvgIpc) is 2.73. The van der Waals surface area contributed by atoms with Crippen LogP contribution in [0.15, 0.2) is 18.2 Å². The second kappa shape index (κ2) is 5.75. The number of nitrogens with one attached hydrogen (secondary N) is 1. The van der Waals surface area contributed by atoms with Gasteiger partial charge in [-0.1, -0.05) is 13.3 Å². The Morgan fingerprint density at radius 3 is 2.71 bits per heavy atom. The quantitative estimate of drug-likeness (QED) is 0.935. The number of anilines is 1. The summed E-state index contributed by atoms with van der Waals surface area (Å²) in [5, 5.41) is 2.67. The molecule has 0 atom stereocenters. The van der Waals surface area contributed by atoms with Crippen LogP contribution in [0.4, 0.5) is 18.9 Å². The largest absolute Gasteiger partial charge is 0.449 e. The fourth-order valence-electron chi connectivity index (χ4n) is 2.09. The lowest BCUT2D eigenvalue weighted by Gasteiger charge is -2.06. The van der Waals surface area contributed by atoms with Crippen molar-refractivity contribution in [2.24, 2.45) is 7.05 Å². The molecular weight excluding hydrogens is 283 g/mol. The van der Waals surface area contributed by atoms with Crippen molar-refractivity contribution in [1.29, 1.82) is 0 Å². The highest BCUT2D eigenvalue weighted by atomic mass is 19.4.